The third-order valence-corrected chi connectivity index (χ3v) is 2.77. The molecule has 0 spiro atoms. The minimum Gasteiger partial charge on any atom is -0.309 e. The maximum Gasteiger partial charge on any atom is 0.000992 e. The van der Waals surface area contributed by atoms with Crippen molar-refractivity contribution in [3.8, 4) is 0 Å². The van der Waals surface area contributed by atoms with Gasteiger partial charge in [-0.2, -0.15) is 0 Å². The number of hydrogen-bond donors (Lipinski definition) is 0. The van der Waals surface area contributed by atoms with Gasteiger partial charge in [0.1, 0.15) is 0 Å². The Morgan fingerprint density at radius 2 is 1.62 bits per heavy atom. The molecule has 1 aromatic carbocycles. The van der Waals surface area contributed by atoms with Gasteiger partial charge in [-0.05, 0) is 58.0 Å². The Morgan fingerprint density at radius 1 is 1.06 bits per heavy atom. The fourth-order valence-corrected chi connectivity index (χ4v) is 1.99. The van der Waals surface area contributed by atoms with Gasteiger partial charge in [-0.15, -0.1) is 0 Å². The van der Waals surface area contributed by atoms with Gasteiger partial charge in [0, 0.05) is 6.54 Å². The summed E-state index contributed by atoms with van der Waals surface area (Å²) in [6.07, 6.45) is 5.64. The van der Waals surface area contributed by atoms with Crippen LogP contribution >= 0.6 is 0 Å². The van der Waals surface area contributed by atoms with Gasteiger partial charge in [0.2, 0.25) is 0 Å². The highest BCUT2D eigenvalue weighted by atomic mass is 15.0. The number of rotatable bonds is 4. The predicted octanol–water partition coefficient (Wildman–Crippen LogP) is 3.58. The third kappa shape index (κ3) is 3.82. The predicted molar refractivity (Wildman–Crippen MR) is 72.9 cm³/mol. The second kappa shape index (κ2) is 5.86. The van der Waals surface area contributed by atoms with Crippen LogP contribution in [0.25, 0.3) is 6.08 Å². The first-order valence-corrected chi connectivity index (χ1v) is 5.90. The van der Waals surface area contributed by atoms with E-state index >= 15 is 0 Å². The van der Waals surface area contributed by atoms with Crippen molar-refractivity contribution < 1.29 is 0 Å². The SMILES string of the molecule is Cc1cc(C)c(/C=C/CCN(C)C)c(C)c1. The molecule has 88 valence electrons. The topological polar surface area (TPSA) is 3.24 Å². The van der Waals surface area contributed by atoms with Gasteiger partial charge in [-0.1, -0.05) is 29.8 Å². The molecule has 0 aliphatic carbocycles. The van der Waals surface area contributed by atoms with Crippen LogP contribution in [0.2, 0.25) is 0 Å². The fourth-order valence-electron chi connectivity index (χ4n) is 1.99. The normalized spacial score (nSPS) is 11.6. The molecule has 0 atom stereocenters. The Morgan fingerprint density at radius 3 is 2.12 bits per heavy atom. The van der Waals surface area contributed by atoms with E-state index < -0.39 is 0 Å². The van der Waals surface area contributed by atoms with Crippen molar-refractivity contribution in [2.45, 2.75) is 27.2 Å². The summed E-state index contributed by atoms with van der Waals surface area (Å²) in [7, 11) is 4.21. The molecule has 0 aliphatic heterocycles. The first kappa shape index (κ1) is 13.0. The van der Waals surface area contributed by atoms with Crippen LogP contribution in [0.4, 0.5) is 0 Å². The van der Waals surface area contributed by atoms with Crippen LogP contribution in [-0.2, 0) is 0 Å². The summed E-state index contributed by atoms with van der Waals surface area (Å²) in [4.78, 5) is 2.21. The van der Waals surface area contributed by atoms with Gasteiger partial charge in [0.15, 0.2) is 0 Å². The lowest BCUT2D eigenvalue weighted by atomic mass is 9.99. The monoisotopic (exact) mass is 217 g/mol. The van der Waals surface area contributed by atoms with Crippen LogP contribution in [0.3, 0.4) is 0 Å². The average Bonchev–Trinajstić information content (AvgIpc) is 2.14. The summed E-state index contributed by atoms with van der Waals surface area (Å²) in [6, 6.07) is 4.50. The van der Waals surface area contributed by atoms with E-state index in [0.717, 1.165) is 13.0 Å². The Kier molecular flexibility index (Phi) is 4.75. The van der Waals surface area contributed by atoms with Crippen molar-refractivity contribution in [1.82, 2.24) is 4.90 Å². The first-order valence-electron chi connectivity index (χ1n) is 5.90. The standard InChI is InChI=1S/C15H23N/c1-12-10-13(2)15(14(3)11-12)8-6-7-9-16(4)5/h6,8,10-11H,7,9H2,1-5H3/b8-6+. The molecule has 0 aliphatic rings. The van der Waals surface area contributed by atoms with Gasteiger partial charge in [-0.3, -0.25) is 0 Å². The summed E-state index contributed by atoms with van der Waals surface area (Å²) < 4.78 is 0. The molecule has 1 rings (SSSR count). The zero-order valence-corrected chi connectivity index (χ0v) is 11.2. The average molecular weight is 217 g/mol. The Labute approximate surface area is 99.8 Å². The van der Waals surface area contributed by atoms with Gasteiger partial charge >= 0.3 is 0 Å². The fraction of sp³-hybridized carbons (Fsp3) is 0.467. The van der Waals surface area contributed by atoms with Crippen molar-refractivity contribution in [2.75, 3.05) is 20.6 Å². The molecule has 0 unspecified atom stereocenters. The lowest BCUT2D eigenvalue weighted by molar-refractivity contribution is 0.417. The van der Waals surface area contributed by atoms with E-state index in [4.69, 9.17) is 0 Å². The van der Waals surface area contributed by atoms with E-state index in [1.165, 1.54) is 22.3 Å². The molecule has 16 heavy (non-hydrogen) atoms. The molecular formula is C15H23N. The molecule has 1 aromatic rings. The molecule has 0 amide bonds. The minimum atomic E-state index is 1.11. The molecule has 0 fully saturated rings. The van der Waals surface area contributed by atoms with Crippen LogP contribution in [0.5, 0.6) is 0 Å². The Hall–Kier alpha value is -1.08. The summed E-state index contributed by atoms with van der Waals surface area (Å²) in [5.74, 6) is 0. The molecule has 0 N–H and O–H groups in total. The summed E-state index contributed by atoms with van der Waals surface area (Å²) in [5.41, 5.74) is 5.47. The highest BCUT2D eigenvalue weighted by Gasteiger charge is 1.99. The minimum absolute atomic E-state index is 1.11. The lowest BCUT2D eigenvalue weighted by Gasteiger charge is -2.08. The van der Waals surface area contributed by atoms with Crippen LogP contribution in [0.1, 0.15) is 28.7 Å². The highest BCUT2D eigenvalue weighted by Crippen LogP contribution is 2.17. The van der Waals surface area contributed by atoms with Crippen LogP contribution < -0.4 is 0 Å². The molecule has 1 heteroatoms. The van der Waals surface area contributed by atoms with Gasteiger partial charge in [0.25, 0.3) is 0 Å². The zero-order valence-electron chi connectivity index (χ0n) is 11.2. The largest absolute Gasteiger partial charge is 0.309 e. The molecule has 0 saturated carbocycles. The Balaban J connectivity index is 2.73. The van der Waals surface area contributed by atoms with E-state index in [1.54, 1.807) is 0 Å². The van der Waals surface area contributed by atoms with E-state index in [-0.39, 0.29) is 0 Å². The van der Waals surface area contributed by atoms with Crippen LogP contribution in [0.15, 0.2) is 18.2 Å². The molecule has 0 bridgehead atoms. The molecular weight excluding hydrogens is 194 g/mol. The number of benzene rings is 1. The van der Waals surface area contributed by atoms with E-state index in [2.05, 4.69) is 64.1 Å². The number of nitrogens with zero attached hydrogens (tertiary/aromatic N) is 1. The summed E-state index contributed by atoms with van der Waals surface area (Å²) in [5, 5.41) is 0. The van der Waals surface area contributed by atoms with Crippen molar-refractivity contribution in [3.63, 3.8) is 0 Å². The summed E-state index contributed by atoms with van der Waals surface area (Å²) >= 11 is 0. The smallest absolute Gasteiger partial charge is 0.000992 e. The van der Waals surface area contributed by atoms with Crippen molar-refractivity contribution in [2.24, 2.45) is 0 Å². The van der Waals surface area contributed by atoms with Gasteiger partial charge in [-0.25, -0.2) is 0 Å². The second-order valence-corrected chi connectivity index (χ2v) is 4.81. The van der Waals surface area contributed by atoms with Crippen LogP contribution in [0, 0.1) is 20.8 Å². The molecule has 0 heterocycles. The maximum absolute atomic E-state index is 2.27. The molecule has 0 aromatic heterocycles. The lowest BCUT2D eigenvalue weighted by Crippen LogP contribution is -2.11. The molecule has 1 nitrogen and oxygen atoms in total. The quantitative estimate of drug-likeness (QED) is 0.745. The third-order valence-electron chi connectivity index (χ3n) is 2.77. The second-order valence-electron chi connectivity index (χ2n) is 4.81. The van der Waals surface area contributed by atoms with Crippen molar-refractivity contribution >= 4 is 6.08 Å². The molecule has 0 saturated heterocycles. The van der Waals surface area contributed by atoms with Crippen LogP contribution in [-0.4, -0.2) is 25.5 Å². The molecule has 0 radical (unpaired) electrons. The van der Waals surface area contributed by atoms with Crippen molar-refractivity contribution in [3.05, 3.63) is 40.5 Å². The summed E-state index contributed by atoms with van der Waals surface area (Å²) in [6.45, 7) is 7.64. The maximum atomic E-state index is 2.27. The highest BCUT2D eigenvalue weighted by molar-refractivity contribution is 5.58. The Bertz CT molecular complexity index is 352. The first-order chi connectivity index (χ1) is 7.50. The number of hydrogen-bond acceptors (Lipinski definition) is 1. The van der Waals surface area contributed by atoms with E-state index in [9.17, 15) is 0 Å². The van der Waals surface area contributed by atoms with Gasteiger partial charge < -0.3 is 4.90 Å². The van der Waals surface area contributed by atoms with E-state index in [0.29, 0.717) is 0 Å². The van der Waals surface area contributed by atoms with Crippen molar-refractivity contribution in [1.29, 1.82) is 0 Å². The number of aryl methyl sites for hydroxylation is 3. The van der Waals surface area contributed by atoms with E-state index in [1.807, 2.05) is 0 Å². The van der Waals surface area contributed by atoms with Gasteiger partial charge in [0.05, 0.1) is 0 Å². The zero-order chi connectivity index (χ0) is 12.1.